The van der Waals surface area contributed by atoms with Crippen molar-refractivity contribution in [3.8, 4) is 0 Å². The van der Waals surface area contributed by atoms with Crippen molar-refractivity contribution in [1.29, 1.82) is 0 Å². The molecule has 3 atom stereocenters. The van der Waals surface area contributed by atoms with Gasteiger partial charge in [-0.15, -0.1) is 10.2 Å². The minimum atomic E-state index is -4.53. The number of hydroxylamine groups is 2. The average molecular weight is 387 g/mol. The zero-order valence-corrected chi connectivity index (χ0v) is 14.8. The van der Waals surface area contributed by atoms with Crippen LogP contribution in [0.15, 0.2) is 9.41 Å². The van der Waals surface area contributed by atoms with Crippen LogP contribution in [0.25, 0.3) is 0 Å². The van der Waals surface area contributed by atoms with Gasteiger partial charge in [0.25, 0.3) is 0 Å². The Bertz CT molecular complexity index is 817. The molecule has 0 amide bonds. The molecule has 3 fully saturated rings. The van der Waals surface area contributed by atoms with E-state index in [9.17, 15) is 8.42 Å². The topological polar surface area (TPSA) is 173 Å². The first-order valence-electron chi connectivity index (χ1n) is 8.34. The molecule has 12 nitrogen and oxygen atoms in total. The van der Waals surface area contributed by atoms with Gasteiger partial charge in [-0.3, -0.25) is 9.45 Å². The minimum absolute atomic E-state index is 0.0524. The van der Waals surface area contributed by atoms with Gasteiger partial charge in [-0.25, -0.2) is 4.99 Å². The van der Waals surface area contributed by atoms with Gasteiger partial charge in [0, 0.05) is 6.54 Å². The molecule has 1 aromatic heterocycles. The van der Waals surface area contributed by atoms with Crippen LogP contribution in [-0.2, 0) is 21.1 Å². The maximum Gasteiger partial charge on any atom is 0.413 e. The fourth-order valence-corrected chi connectivity index (χ4v) is 4.10. The van der Waals surface area contributed by atoms with E-state index >= 15 is 0 Å². The van der Waals surface area contributed by atoms with Crippen molar-refractivity contribution in [3.63, 3.8) is 0 Å². The van der Waals surface area contributed by atoms with Gasteiger partial charge in [0.2, 0.25) is 11.8 Å². The summed E-state index contributed by atoms with van der Waals surface area (Å²) < 4.78 is 41.2. The number of hydrogen-bond donors (Lipinski definition) is 3. The summed E-state index contributed by atoms with van der Waals surface area (Å²) in [7, 11) is -4.53. The normalized spacial score (nSPS) is 30.3. The molecule has 4 rings (SSSR count). The van der Waals surface area contributed by atoms with Crippen molar-refractivity contribution in [1.82, 2.24) is 20.2 Å². The second-order valence-corrected chi connectivity index (χ2v) is 8.06. The lowest BCUT2D eigenvalue weighted by molar-refractivity contribution is -0.0771. The maximum absolute atomic E-state index is 10.9. The second kappa shape index (κ2) is 6.13. The van der Waals surface area contributed by atoms with Gasteiger partial charge in [0.15, 0.2) is 5.96 Å². The fraction of sp³-hybridized carbons (Fsp3) is 0.769. The summed E-state index contributed by atoms with van der Waals surface area (Å²) in [4.78, 5) is 6.24. The first kappa shape index (κ1) is 17.6. The molecule has 13 heteroatoms. The molecule has 0 radical (unpaired) electrons. The molecule has 1 aliphatic carbocycles. The van der Waals surface area contributed by atoms with Crippen molar-refractivity contribution in [2.45, 2.75) is 49.7 Å². The second-order valence-electron chi connectivity index (χ2n) is 7.05. The lowest BCUT2D eigenvalue weighted by Crippen LogP contribution is -2.34. The Hall–Kier alpha value is -1.80. The van der Waals surface area contributed by atoms with Crippen molar-refractivity contribution in [2.24, 2.45) is 16.5 Å². The molecule has 144 valence electrons. The Labute approximate surface area is 150 Å². The highest BCUT2D eigenvalue weighted by Gasteiger charge is 2.46. The van der Waals surface area contributed by atoms with Crippen molar-refractivity contribution < 1.29 is 21.7 Å². The third-order valence-electron chi connectivity index (χ3n) is 5.02. The molecule has 0 aromatic carbocycles. The number of fused-ring (bicyclic) bond motifs is 2. The largest absolute Gasteiger partial charge is 0.423 e. The van der Waals surface area contributed by atoms with Crippen LogP contribution in [0.4, 0.5) is 0 Å². The number of aromatic nitrogens is 2. The number of piperidine rings is 1. The van der Waals surface area contributed by atoms with Crippen molar-refractivity contribution >= 4 is 16.4 Å². The van der Waals surface area contributed by atoms with Crippen molar-refractivity contribution in [2.75, 3.05) is 13.2 Å². The van der Waals surface area contributed by atoms with Crippen LogP contribution in [0.5, 0.6) is 0 Å². The van der Waals surface area contributed by atoms with Gasteiger partial charge < -0.3 is 15.9 Å². The smallest absolute Gasteiger partial charge is 0.413 e. The Morgan fingerprint density at radius 1 is 1.38 bits per heavy atom. The lowest BCUT2D eigenvalue weighted by atomic mass is 10.0. The molecule has 2 saturated heterocycles. The number of nitrogens with zero attached hydrogens (tertiary/aromatic N) is 5. The number of nitrogens with two attached hydrogens (primary N) is 2. The van der Waals surface area contributed by atoms with E-state index in [2.05, 4.69) is 19.5 Å². The summed E-state index contributed by atoms with van der Waals surface area (Å²) in [5.41, 5.74) is 10.6. The van der Waals surface area contributed by atoms with Crippen LogP contribution in [-0.4, -0.2) is 63.9 Å². The third kappa shape index (κ3) is 3.66. The Balaban J connectivity index is 1.43. The van der Waals surface area contributed by atoms with Gasteiger partial charge in [-0.05, 0) is 25.7 Å². The van der Waals surface area contributed by atoms with E-state index in [1.54, 1.807) is 0 Å². The summed E-state index contributed by atoms with van der Waals surface area (Å²) in [6.45, 7) is 0.820. The zero-order chi connectivity index (χ0) is 18.5. The van der Waals surface area contributed by atoms with Crippen LogP contribution < -0.4 is 11.5 Å². The summed E-state index contributed by atoms with van der Waals surface area (Å²) in [5.74, 6) is 1.01. The summed E-state index contributed by atoms with van der Waals surface area (Å²) >= 11 is 0. The number of guanidine groups is 1. The number of rotatable bonds is 6. The van der Waals surface area contributed by atoms with Gasteiger partial charge >= 0.3 is 10.4 Å². The van der Waals surface area contributed by atoms with Crippen LogP contribution in [0.1, 0.15) is 43.5 Å². The quantitative estimate of drug-likeness (QED) is 0.308. The Morgan fingerprint density at radius 2 is 2.15 bits per heavy atom. The van der Waals surface area contributed by atoms with Gasteiger partial charge in [0.1, 0.15) is 0 Å². The minimum Gasteiger partial charge on any atom is -0.423 e. The van der Waals surface area contributed by atoms with E-state index in [0.717, 1.165) is 19.3 Å². The predicted molar refractivity (Wildman–Crippen MR) is 87.6 cm³/mol. The molecule has 0 spiro atoms. The molecular weight excluding hydrogens is 366 g/mol. The Morgan fingerprint density at radius 3 is 2.81 bits per heavy atom. The van der Waals surface area contributed by atoms with E-state index in [1.807, 2.05) is 4.90 Å². The van der Waals surface area contributed by atoms with Crippen LogP contribution in [0.3, 0.4) is 0 Å². The van der Waals surface area contributed by atoms with E-state index in [4.69, 9.17) is 20.4 Å². The van der Waals surface area contributed by atoms with Crippen LogP contribution >= 0.6 is 0 Å². The monoisotopic (exact) mass is 387 g/mol. The third-order valence-corrected chi connectivity index (χ3v) is 5.40. The zero-order valence-electron chi connectivity index (χ0n) is 14.0. The van der Waals surface area contributed by atoms with Gasteiger partial charge in [-0.1, -0.05) is 0 Å². The molecule has 26 heavy (non-hydrogen) atoms. The highest BCUT2D eigenvalue weighted by molar-refractivity contribution is 7.80. The van der Waals surface area contributed by atoms with E-state index < -0.39 is 10.4 Å². The highest BCUT2D eigenvalue weighted by atomic mass is 32.3. The molecule has 3 heterocycles. The average Bonchev–Trinajstić information content (AvgIpc) is 2.98. The molecule has 2 aliphatic heterocycles. The molecule has 1 saturated carbocycles. The molecule has 1 aromatic rings. The fourth-order valence-electron chi connectivity index (χ4n) is 3.69. The Kier molecular flexibility index (Phi) is 4.15. The first-order valence-corrected chi connectivity index (χ1v) is 9.70. The first-order chi connectivity index (χ1) is 12.2. The maximum atomic E-state index is 10.9. The van der Waals surface area contributed by atoms with E-state index in [1.165, 1.54) is 5.06 Å². The molecule has 2 bridgehead atoms. The summed E-state index contributed by atoms with van der Waals surface area (Å²) in [6, 6.07) is -0.229. The molecule has 1 unspecified atom stereocenters. The van der Waals surface area contributed by atoms with Gasteiger partial charge in [-0.2, -0.15) is 17.8 Å². The van der Waals surface area contributed by atoms with E-state index in [-0.39, 0.29) is 30.3 Å². The summed E-state index contributed by atoms with van der Waals surface area (Å²) in [6.07, 6.45) is 3.65. The predicted octanol–water partition coefficient (Wildman–Crippen LogP) is -1.07. The molecular formula is C13H21N7O5S. The standard InChI is InChI=1S/C13H21N7O5S/c14-12(15)16-13(3-4-13)5-10-17-18-11(24-10)9-2-1-8-6-19(9)7-20(8)25-26(21,22)23/h8-9H,1-7H2,(H4,14,15,16)(H,21,22,23)/t8-,9+/m1/s1. The highest BCUT2D eigenvalue weighted by Crippen LogP contribution is 2.43. The number of aliphatic imine (C=N–C) groups is 1. The lowest BCUT2D eigenvalue weighted by Gasteiger charge is -2.27. The molecule has 3 aliphatic rings. The van der Waals surface area contributed by atoms with Crippen LogP contribution in [0, 0.1) is 0 Å². The van der Waals surface area contributed by atoms with E-state index in [0.29, 0.717) is 31.2 Å². The molecule has 5 N–H and O–H groups in total. The SMILES string of the molecule is NC(N)=NC1(Cc2nnc([C@@H]3CC[C@@H]4CN3CN4OS(=O)(=O)O)o2)CC1. The van der Waals surface area contributed by atoms with Crippen LogP contribution in [0.2, 0.25) is 0 Å². The number of hydrogen-bond acceptors (Lipinski definition) is 9. The van der Waals surface area contributed by atoms with Gasteiger partial charge in [0.05, 0.1) is 30.7 Å². The van der Waals surface area contributed by atoms with Crippen molar-refractivity contribution in [3.05, 3.63) is 11.8 Å². The summed E-state index contributed by atoms with van der Waals surface area (Å²) in [5, 5.41) is 9.53.